The summed E-state index contributed by atoms with van der Waals surface area (Å²) in [5.41, 5.74) is 4.26. The second kappa shape index (κ2) is 6.62. The summed E-state index contributed by atoms with van der Waals surface area (Å²) < 4.78 is 0. The molecular formula is C23H23N. The van der Waals surface area contributed by atoms with Crippen LogP contribution in [0.4, 0.5) is 0 Å². The average molecular weight is 313 g/mol. The van der Waals surface area contributed by atoms with Crippen LogP contribution in [0.2, 0.25) is 0 Å². The van der Waals surface area contributed by atoms with Gasteiger partial charge in [0.15, 0.2) is 0 Å². The van der Waals surface area contributed by atoms with Gasteiger partial charge in [-0.05, 0) is 23.7 Å². The molecule has 24 heavy (non-hydrogen) atoms. The molecule has 0 radical (unpaired) electrons. The van der Waals surface area contributed by atoms with Gasteiger partial charge in [0.05, 0.1) is 0 Å². The highest BCUT2D eigenvalue weighted by molar-refractivity contribution is 5.38. The lowest BCUT2D eigenvalue weighted by Gasteiger charge is -2.50. The number of hydrogen-bond donors (Lipinski definition) is 0. The van der Waals surface area contributed by atoms with E-state index in [0.717, 1.165) is 6.54 Å². The Labute approximate surface area is 144 Å². The topological polar surface area (TPSA) is 3.24 Å². The van der Waals surface area contributed by atoms with Gasteiger partial charge in [0, 0.05) is 24.4 Å². The maximum absolute atomic E-state index is 2.50. The number of nitrogens with zero attached hydrogens (tertiary/aromatic N) is 1. The van der Waals surface area contributed by atoms with E-state index in [1.807, 2.05) is 0 Å². The Morgan fingerprint density at radius 1 is 0.708 bits per heavy atom. The van der Waals surface area contributed by atoms with Crippen molar-refractivity contribution in [1.82, 2.24) is 4.90 Å². The molecule has 1 nitrogen and oxygen atoms in total. The minimum absolute atomic E-state index is 0.399. The first-order chi connectivity index (χ1) is 11.8. The molecule has 1 aliphatic rings. The predicted molar refractivity (Wildman–Crippen MR) is 100 cm³/mol. The SMILES string of the molecule is CN1CC(c2ccccc2)C1C(c1ccccc1)c1ccccc1. The number of rotatable bonds is 4. The summed E-state index contributed by atoms with van der Waals surface area (Å²) in [7, 11) is 2.25. The van der Waals surface area contributed by atoms with Crippen LogP contribution in [0.3, 0.4) is 0 Å². The van der Waals surface area contributed by atoms with E-state index in [9.17, 15) is 0 Å². The molecule has 1 heteroatoms. The smallest absolute Gasteiger partial charge is 0.0283 e. The maximum Gasteiger partial charge on any atom is 0.0283 e. The van der Waals surface area contributed by atoms with Crippen molar-refractivity contribution in [3.05, 3.63) is 108 Å². The van der Waals surface area contributed by atoms with Gasteiger partial charge in [0.2, 0.25) is 0 Å². The molecular weight excluding hydrogens is 290 g/mol. The van der Waals surface area contributed by atoms with Crippen LogP contribution in [0.15, 0.2) is 91.0 Å². The summed E-state index contributed by atoms with van der Waals surface area (Å²) in [6.45, 7) is 1.13. The van der Waals surface area contributed by atoms with E-state index in [2.05, 4.69) is 103 Å². The lowest BCUT2D eigenvalue weighted by atomic mass is 9.71. The van der Waals surface area contributed by atoms with Crippen molar-refractivity contribution in [3.63, 3.8) is 0 Å². The Morgan fingerprint density at radius 3 is 1.62 bits per heavy atom. The van der Waals surface area contributed by atoms with Crippen molar-refractivity contribution in [2.45, 2.75) is 17.9 Å². The molecule has 0 aromatic heterocycles. The highest BCUT2D eigenvalue weighted by Crippen LogP contribution is 2.44. The van der Waals surface area contributed by atoms with Crippen molar-refractivity contribution in [2.75, 3.05) is 13.6 Å². The monoisotopic (exact) mass is 313 g/mol. The molecule has 4 rings (SSSR count). The molecule has 3 aromatic rings. The van der Waals surface area contributed by atoms with E-state index in [-0.39, 0.29) is 0 Å². The zero-order valence-corrected chi connectivity index (χ0v) is 14.0. The Balaban J connectivity index is 1.76. The molecule has 1 fully saturated rings. The van der Waals surface area contributed by atoms with E-state index >= 15 is 0 Å². The molecule has 0 amide bonds. The first-order valence-corrected chi connectivity index (χ1v) is 8.69. The van der Waals surface area contributed by atoms with Gasteiger partial charge in [0.1, 0.15) is 0 Å². The summed E-state index contributed by atoms with van der Waals surface area (Å²) in [4.78, 5) is 2.50. The predicted octanol–water partition coefficient (Wildman–Crippen LogP) is 4.92. The van der Waals surface area contributed by atoms with Crippen LogP contribution in [0.5, 0.6) is 0 Å². The fraction of sp³-hybridized carbons (Fsp3) is 0.217. The first kappa shape index (κ1) is 15.2. The molecule has 0 saturated carbocycles. The highest BCUT2D eigenvalue weighted by Gasteiger charge is 2.43. The first-order valence-electron chi connectivity index (χ1n) is 8.69. The third kappa shape index (κ3) is 2.76. The van der Waals surface area contributed by atoms with Crippen LogP contribution < -0.4 is 0 Å². The molecule has 2 unspecified atom stereocenters. The molecule has 0 aliphatic carbocycles. The van der Waals surface area contributed by atoms with E-state index in [4.69, 9.17) is 0 Å². The highest BCUT2D eigenvalue weighted by atomic mass is 15.2. The molecule has 3 aromatic carbocycles. The van der Waals surface area contributed by atoms with Crippen molar-refractivity contribution in [2.24, 2.45) is 0 Å². The minimum Gasteiger partial charge on any atom is -0.301 e. The fourth-order valence-electron chi connectivity index (χ4n) is 4.11. The van der Waals surface area contributed by atoms with E-state index < -0.39 is 0 Å². The van der Waals surface area contributed by atoms with Crippen molar-refractivity contribution < 1.29 is 0 Å². The number of likely N-dealkylation sites (tertiary alicyclic amines) is 1. The minimum atomic E-state index is 0.399. The van der Waals surface area contributed by atoms with Crippen molar-refractivity contribution in [3.8, 4) is 0 Å². The summed E-state index contributed by atoms with van der Waals surface area (Å²) >= 11 is 0. The van der Waals surface area contributed by atoms with Crippen LogP contribution >= 0.6 is 0 Å². The molecule has 0 spiro atoms. The Morgan fingerprint density at radius 2 is 1.17 bits per heavy atom. The van der Waals surface area contributed by atoms with Crippen molar-refractivity contribution in [1.29, 1.82) is 0 Å². The fourth-order valence-corrected chi connectivity index (χ4v) is 4.11. The summed E-state index contributed by atoms with van der Waals surface area (Å²) in [6.07, 6.45) is 0. The van der Waals surface area contributed by atoms with Crippen LogP contribution in [0, 0.1) is 0 Å². The molecule has 120 valence electrons. The Kier molecular flexibility index (Phi) is 4.18. The van der Waals surface area contributed by atoms with Crippen LogP contribution in [-0.2, 0) is 0 Å². The van der Waals surface area contributed by atoms with Gasteiger partial charge in [-0.25, -0.2) is 0 Å². The molecule has 1 saturated heterocycles. The molecule has 0 bridgehead atoms. The number of benzene rings is 3. The average Bonchev–Trinajstić information content (AvgIpc) is 2.66. The van der Waals surface area contributed by atoms with Gasteiger partial charge in [-0.15, -0.1) is 0 Å². The number of hydrogen-bond acceptors (Lipinski definition) is 1. The van der Waals surface area contributed by atoms with Gasteiger partial charge in [-0.3, -0.25) is 0 Å². The lowest BCUT2D eigenvalue weighted by Crippen LogP contribution is -2.55. The summed E-state index contributed by atoms with van der Waals surface area (Å²) in [5, 5.41) is 0. The van der Waals surface area contributed by atoms with Gasteiger partial charge < -0.3 is 4.90 Å². The van der Waals surface area contributed by atoms with Gasteiger partial charge in [-0.2, -0.15) is 0 Å². The maximum atomic E-state index is 2.50. The zero-order chi connectivity index (χ0) is 16.4. The lowest BCUT2D eigenvalue weighted by molar-refractivity contribution is 0.0775. The normalized spacial score (nSPS) is 20.8. The van der Waals surface area contributed by atoms with Gasteiger partial charge in [0.25, 0.3) is 0 Å². The van der Waals surface area contributed by atoms with Crippen LogP contribution in [0.25, 0.3) is 0 Å². The Bertz CT molecular complexity index is 727. The zero-order valence-electron chi connectivity index (χ0n) is 14.0. The van der Waals surface area contributed by atoms with E-state index in [1.165, 1.54) is 16.7 Å². The quantitative estimate of drug-likeness (QED) is 0.661. The summed E-state index contributed by atoms with van der Waals surface area (Å²) in [5.74, 6) is 0.984. The van der Waals surface area contributed by atoms with Gasteiger partial charge in [-0.1, -0.05) is 91.0 Å². The largest absolute Gasteiger partial charge is 0.301 e. The standard InChI is InChI=1S/C23H23N/c1-24-17-21(18-11-5-2-6-12-18)23(24)22(19-13-7-3-8-14-19)20-15-9-4-10-16-20/h2-16,21-23H,17H2,1H3. The van der Waals surface area contributed by atoms with E-state index in [0.29, 0.717) is 17.9 Å². The molecule has 0 N–H and O–H groups in total. The number of likely N-dealkylation sites (N-methyl/N-ethyl adjacent to an activating group) is 1. The molecule has 2 atom stereocenters. The molecule has 1 aliphatic heterocycles. The third-order valence-corrected chi connectivity index (χ3v) is 5.29. The second-order valence-electron chi connectivity index (χ2n) is 6.75. The van der Waals surface area contributed by atoms with Crippen molar-refractivity contribution >= 4 is 0 Å². The third-order valence-electron chi connectivity index (χ3n) is 5.29. The second-order valence-corrected chi connectivity index (χ2v) is 6.75. The van der Waals surface area contributed by atoms with Crippen LogP contribution in [-0.4, -0.2) is 24.5 Å². The Hall–Kier alpha value is -2.38. The molecule has 1 heterocycles. The van der Waals surface area contributed by atoms with Gasteiger partial charge >= 0.3 is 0 Å². The van der Waals surface area contributed by atoms with Crippen LogP contribution in [0.1, 0.15) is 28.5 Å². The van der Waals surface area contributed by atoms with E-state index in [1.54, 1.807) is 0 Å². The summed E-state index contributed by atoms with van der Waals surface area (Å²) in [6, 6.07) is 33.4.